The number of H-pyrrole nitrogens is 1. The van der Waals surface area contributed by atoms with Crippen LogP contribution in [0.1, 0.15) is 25.5 Å². The summed E-state index contributed by atoms with van der Waals surface area (Å²) in [5.41, 5.74) is -1.19. The standard InChI is InChI=1S/C11H11F3N2O/c1-6(2)16-9-7(11(12,13)14)4-3-5-8(9)15-10(16)17/h3-6H,1-2H3,(H,15,17). The van der Waals surface area contributed by atoms with Crippen LogP contribution in [0, 0.1) is 0 Å². The summed E-state index contributed by atoms with van der Waals surface area (Å²) < 4.78 is 39.6. The summed E-state index contributed by atoms with van der Waals surface area (Å²) in [6, 6.07) is 3.39. The van der Waals surface area contributed by atoms with Gasteiger partial charge in [0.15, 0.2) is 0 Å². The molecule has 0 saturated heterocycles. The van der Waals surface area contributed by atoms with Crippen LogP contribution in [-0.2, 0) is 6.18 Å². The first-order valence-electron chi connectivity index (χ1n) is 5.13. The van der Waals surface area contributed by atoms with Crippen LogP contribution in [0.15, 0.2) is 23.0 Å². The van der Waals surface area contributed by atoms with Gasteiger partial charge in [-0.05, 0) is 26.0 Å². The largest absolute Gasteiger partial charge is 0.418 e. The molecule has 0 unspecified atom stereocenters. The average Bonchev–Trinajstić information content (AvgIpc) is 2.51. The number of para-hydroxylation sites is 1. The van der Waals surface area contributed by atoms with Gasteiger partial charge >= 0.3 is 11.9 Å². The van der Waals surface area contributed by atoms with E-state index in [-0.39, 0.29) is 17.1 Å². The second-order valence-electron chi connectivity index (χ2n) is 4.09. The van der Waals surface area contributed by atoms with E-state index in [2.05, 4.69) is 4.98 Å². The van der Waals surface area contributed by atoms with E-state index < -0.39 is 17.4 Å². The molecule has 0 spiro atoms. The lowest BCUT2D eigenvalue weighted by Gasteiger charge is -2.12. The van der Waals surface area contributed by atoms with E-state index in [1.807, 2.05) is 0 Å². The van der Waals surface area contributed by atoms with Gasteiger partial charge < -0.3 is 4.98 Å². The van der Waals surface area contributed by atoms with E-state index >= 15 is 0 Å². The molecule has 17 heavy (non-hydrogen) atoms. The van der Waals surface area contributed by atoms with Gasteiger partial charge in [0, 0.05) is 6.04 Å². The molecule has 0 amide bonds. The van der Waals surface area contributed by atoms with Crippen molar-refractivity contribution in [3.8, 4) is 0 Å². The number of aromatic amines is 1. The van der Waals surface area contributed by atoms with E-state index in [9.17, 15) is 18.0 Å². The minimum Gasteiger partial charge on any atom is -0.306 e. The molecular weight excluding hydrogens is 233 g/mol. The molecule has 0 aliphatic heterocycles. The van der Waals surface area contributed by atoms with Crippen LogP contribution >= 0.6 is 0 Å². The maximum absolute atomic E-state index is 12.8. The predicted molar refractivity (Wildman–Crippen MR) is 57.9 cm³/mol. The van der Waals surface area contributed by atoms with E-state index in [1.54, 1.807) is 13.8 Å². The Morgan fingerprint density at radius 3 is 2.47 bits per heavy atom. The first-order chi connectivity index (χ1) is 7.82. The van der Waals surface area contributed by atoms with Crippen molar-refractivity contribution in [3.05, 3.63) is 34.2 Å². The molecule has 1 aromatic heterocycles. The van der Waals surface area contributed by atoms with Crippen molar-refractivity contribution in [2.45, 2.75) is 26.1 Å². The highest BCUT2D eigenvalue weighted by Crippen LogP contribution is 2.34. The fraction of sp³-hybridized carbons (Fsp3) is 0.364. The number of halogens is 3. The van der Waals surface area contributed by atoms with Crippen LogP contribution in [0.5, 0.6) is 0 Å². The van der Waals surface area contributed by atoms with Gasteiger partial charge in [-0.2, -0.15) is 13.2 Å². The number of aromatic nitrogens is 2. The quantitative estimate of drug-likeness (QED) is 0.822. The summed E-state index contributed by atoms with van der Waals surface area (Å²) in [4.78, 5) is 14.0. The second kappa shape index (κ2) is 3.65. The lowest BCUT2D eigenvalue weighted by Crippen LogP contribution is -2.20. The van der Waals surface area contributed by atoms with Gasteiger partial charge in [0.2, 0.25) is 0 Å². The van der Waals surface area contributed by atoms with Gasteiger partial charge in [-0.1, -0.05) is 6.07 Å². The highest BCUT2D eigenvalue weighted by Gasteiger charge is 2.34. The Labute approximate surface area is 94.9 Å². The van der Waals surface area contributed by atoms with Crippen LogP contribution < -0.4 is 5.69 Å². The summed E-state index contributed by atoms with van der Waals surface area (Å²) >= 11 is 0. The fourth-order valence-corrected chi connectivity index (χ4v) is 1.90. The topological polar surface area (TPSA) is 37.8 Å². The number of fused-ring (bicyclic) bond motifs is 1. The Morgan fingerprint density at radius 1 is 1.29 bits per heavy atom. The third kappa shape index (κ3) is 1.83. The van der Waals surface area contributed by atoms with Crippen molar-refractivity contribution < 1.29 is 13.2 Å². The zero-order valence-corrected chi connectivity index (χ0v) is 9.30. The van der Waals surface area contributed by atoms with Crippen LogP contribution in [0.4, 0.5) is 13.2 Å². The molecule has 0 saturated carbocycles. The van der Waals surface area contributed by atoms with Crippen LogP contribution in [-0.4, -0.2) is 9.55 Å². The smallest absolute Gasteiger partial charge is 0.306 e. The van der Waals surface area contributed by atoms with Crippen LogP contribution in [0.3, 0.4) is 0 Å². The van der Waals surface area contributed by atoms with Crippen molar-refractivity contribution in [2.24, 2.45) is 0 Å². The summed E-state index contributed by atoms with van der Waals surface area (Å²) in [6.07, 6.45) is -4.47. The van der Waals surface area contributed by atoms with E-state index in [0.29, 0.717) is 0 Å². The van der Waals surface area contributed by atoms with Gasteiger partial charge in [-0.15, -0.1) is 0 Å². The molecule has 6 heteroatoms. The molecule has 1 heterocycles. The number of hydrogen-bond acceptors (Lipinski definition) is 1. The van der Waals surface area contributed by atoms with Crippen LogP contribution in [0.25, 0.3) is 11.0 Å². The number of benzene rings is 1. The maximum Gasteiger partial charge on any atom is 0.418 e. The third-order valence-electron chi connectivity index (χ3n) is 2.56. The molecule has 3 nitrogen and oxygen atoms in total. The fourth-order valence-electron chi connectivity index (χ4n) is 1.90. The molecule has 0 bridgehead atoms. The number of nitrogens with one attached hydrogen (secondary N) is 1. The summed E-state index contributed by atoms with van der Waals surface area (Å²) in [7, 11) is 0. The Balaban J connectivity index is 2.92. The summed E-state index contributed by atoms with van der Waals surface area (Å²) in [5.74, 6) is 0. The van der Waals surface area contributed by atoms with Crippen LogP contribution in [0.2, 0.25) is 0 Å². The number of nitrogens with zero attached hydrogens (tertiary/aromatic N) is 1. The molecular formula is C11H11F3N2O. The Bertz CT molecular complexity index is 607. The highest BCUT2D eigenvalue weighted by atomic mass is 19.4. The van der Waals surface area contributed by atoms with Gasteiger partial charge in [0.05, 0.1) is 16.6 Å². The zero-order valence-electron chi connectivity index (χ0n) is 9.30. The van der Waals surface area contributed by atoms with Gasteiger partial charge in [-0.25, -0.2) is 4.79 Å². The molecule has 2 aromatic rings. The summed E-state index contributed by atoms with van der Waals surface area (Å²) in [5, 5.41) is 0. The third-order valence-corrected chi connectivity index (χ3v) is 2.56. The Hall–Kier alpha value is -1.72. The van der Waals surface area contributed by atoms with E-state index in [1.165, 1.54) is 12.1 Å². The normalized spacial score (nSPS) is 12.6. The van der Waals surface area contributed by atoms with Crippen molar-refractivity contribution in [2.75, 3.05) is 0 Å². The molecule has 2 rings (SSSR count). The average molecular weight is 244 g/mol. The molecule has 0 aliphatic rings. The van der Waals surface area contributed by atoms with Crippen molar-refractivity contribution in [3.63, 3.8) is 0 Å². The van der Waals surface area contributed by atoms with Crippen molar-refractivity contribution >= 4 is 11.0 Å². The zero-order chi connectivity index (χ0) is 12.8. The molecule has 0 atom stereocenters. The van der Waals surface area contributed by atoms with Gasteiger partial charge in [-0.3, -0.25) is 4.57 Å². The van der Waals surface area contributed by atoms with Gasteiger partial charge in [0.1, 0.15) is 0 Å². The van der Waals surface area contributed by atoms with Gasteiger partial charge in [0.25, 0.3) is 0 Å². The molecule has 1 aromatic carbocycles. The first-order valence-corrected chi connectivity index (χ1v) is 5.13. The minimum absolute atomic E-state index is 0.0833. The predicted octanol–water partition coefficient (Wildman–Crippen LogP) is 2.93. The lowest BCUT2D eigenvalue weighted by molar-refractivity contribution is -0.136. The second-order valence-corrected chi connectivity index (χ2v) is 4.09. The summed E-state index contributed by atoms with van der Waals surface area (Å²) in [6.45, 7) is 3.34. The SMILES string of the molecule is CC(C)n1c(=O)[nH]c2cccc(C(F)(F)F)c21. The monoisotopic (exact) mass is 244 g/mol. The van der Waals surface area contributed by atoms with Crippen molar-refractivity contribution in [1.29, 1.82) is 0 Å². The Kier molecular flexibility index (Phi) is 2.52. The number of rotatable bonds is 1. The minimum atomic E-state index is -4.47. The maximum atomic E-state index is 12.8. The molecule has 0 fully saturated rings. The number of hydrogen-bond donors (Lipinski definition) is 1. The van der Waals surface area contributed by atoms with Crippen molar-refractivity contribution in [1.82, 2.24) is 9.55 Å². The first kappa shape index (κ1) is 11.8. The molecule has 92 valence electrons. The lowest BCUT2D eigenvalue weighted by atomic mass is 10.1. The number of imidazole rings is 1. The Morgan fingerprint density at radius 2 is 1.94 bits per heavy atom. The molecule has 0 aliphatic carbocycles. The van der Waals surface area contributed by atoms with E-state index in [4.69, 9.17) is 0 Å². The molecule has 1 N–H and O–H groups in total. The van der Waals surface area contributed by atoms with E-state index in [0.717, 1.165) is 10.6 Å². The number of alkyl halides is 3. The highest BCUT2D eigenvalue weighted by molar-refractivity contribution is 5.79. The molecule has 0 radical (unpaired) electrons.